The zero-order valence-electron chi connectivity index (χ0n) is 19.2. The predicted octanol–water partition coefficient (Wildman–Crippen LogP) is 3.52. The summed E-state index contributed by atoms with van der Waals surface area (Å²) in [6, 6.07) is 17.3. The molecule has 0 aliphatic rings. The van der Waals surface area contributed by atoms with E-state index < -0.39 is 22.6 Å². The largest absolute Gasteiger partial charge is 0.380 e. The van der Waals surface area contributed by atoms with Crippen LogP contribution in [0.25, 0.3) is 11.2 Å². The highest BCUT2D eigenvalue weighted by atomic mass is 32.2. The molecule has 2 aromatic heterocycles. The molecule has 9 nitrogen and oxygen atoms in total. The van der Waals surface area contributed by atoms with Gasteiger partial charge in [-0.2, -0.15) is 4.21 Å². The van der Waals surface area contributed by atoms with E-state index >= 15 is 0 Å². The normalized spacial score (nSPS) is 12.1. The van der Waals surface area contributed by atoms with Gasteiger partial charge in [-0.15, -0.1) is 0 Å². The van der Waals surface area contributed by atoms with Crippen molar-refractivity contribution in [2.24, 2.45) is 0 Å². The molecule has 0 radical (unpaired) electrons. The number of hydrogen-bond donors (Lipinski definition) is 3. The predicted molar refractivity (Wildman–Crippen MR) is 135 cm³/mol. The second kappa shape index (κ2) is 11.8. The lowest BCUT2D eigenvalue weighted by Gasteiger charge is -2.09. The third-order valence-electron chi connectivity index (χ3n) is 5.87. The number of unbranched alkanes of at least 4 members (excludes halogenated alkanes) is 2. The first-order valence-electron chi connectivity index (χ1n) is 11.6. The average Bonchev–Trinajstić information content (AvgIpc) is 3.27. The molecule has 4 rings (SSSR count). The molecular formula is C25H28N4O5S. The van der Waals surface area contributed by atoms with Gasteiger partial charge in [0.05, 0.1) is 0 Å². The van der Waals surface area contributed by atoms with Crippen LogP contribution >= 0.6 is 0 Å². The Hall–Kier alpha value is -3.50. The number of nitrogens with one attached hydrogen (secondary N) is 2. The highest BCUT2D eigenvalue weighted by molar-refractivity contribution is 7.74. The van der Waals surface area contributed by atoms with Gasteiger partial charge in [0.15, 0.2) is 5.65 Å². The first kappa shape index (κ1) is 24.6. The lowest BCUT2D eigenvalue weighted by atomic mass is 10.1. The smallest absolute Gasteiger partial charge is 0.357 e. The molecule has 0 saturated heterocycles. The van der Waals surface area contributed by atoms with Crippen LogP contribution in [0.15, 0.2) is 64.2 Å². The SMILES string of the molecule is O=c1[nH]c(=O)n(CCCCc2ccccc2OS(=O)O)c2nc(CCCCc3ccccc3)[nH]c12. The maximum Gasteiger partial charge on any atom is 0.357 e. The summed E-state index contributed by atoms with van der Waals surface area (Å²) in [5, 5.41) is 0. The van der Waals surface area contributed by atoms with Gasteiger partial charge in [-0.05, 0) is 55.7 Å². The molecule has 0 spiro atoms. The number of benzene rings is 2. The Kier molecular flexibility index (Phi) is 8.27. The summed E-state index contributed by atoms with van der Waals surface area (Å²) in [4.78, 5) is 34.8. The number of nitrogens with zero attached hydrogens (tertiary/aromatic N) is 2. The summed E-state index contributed by atoms with van der Waals surface area (Å²) < 4.78 is 26.4. The van der Waals surface area contributed by atoms with Gasteiger partial charge in [0.1, 0.15) is 17.1 Å². The van der Waals surface area contributed by atoms with Crippen LogP contribution in [0.3, 0.4) is 0 Å². The second-order valence-electron chi connectivity index (χ2n) is 8.35. The highest BCUT2D eigenvalue weighted by Gasteiger charge is 2.13. The van der Waals surface area contributed by atoms with Gasteiger partial charge >= 0.3 is 17.1 Å². The number of imidazole rings is 1. The maximum atomic E-state index is 12.5. The molecule has 184 valence electrons. The number of aromatic amines is 2. The van der Waals surface area contributed by atoms with Crippen LogP contribution in [0.5, 0.6) is 5.75 Å². The number of fused-ring (bicyclic) bond motifs is 1. The summed E-state index contributed by atoms with van der Waals surface area (Å²) in [5.41, 5.74) is 1.84. The number of para-hydroxylation sites is 1. The van der Waals surface area contributed by atoms with Crippen molar-refractivity contribution in [1.82, 2.24) is 19.5 Å². The maximum absolute atomic E-state index is 12.5. The van der Waals surface area contributed by atoms with Crippen molar-refractivity contribution in [1.29, 1.82) is 0 Å². The third-order valence-corrected chi connectivity index (χ3v) is 6.19. The molecule has 0 saturated carbocycles. The topological polar surface area (TPSA) is 130 Å². The van der Waals surface area contributed by atoms with E-state index in [1.54, 1.807) is 12.1 Å². The zero-order valence-corrected chi connectivity index (χ0v) is 20.1. The zero-order chi connectivity index (χ0) is 24.6. The molecule has 2 heterocycles. The molecule has 0 fully saturated rings. The van der Waals surface area contributed by atoms with Crippen LogP contribution in [0.1, 0.15) is 42.6 Å². The first-order valence-corrected chi connectivity index (χ1v) is 12.7. The van der Waals surface area contributed by atoms with Crippen LogP contribution < -0.4 is 15.4 Å². The minimum absolute atomic E-state index is 0.312. The second-order valence-corrected chi connectivity index (χ2v) is 8.95. The molecule has 4 aromatic rings. The average molecular weight is 497 g/mol. The van der Waals surface area contributed by atoms with Crippen LogP contribution in [0.4, 0.5) is 0 Å². The lowest BCUT2D eigenvalue weighted by Crippen LogP contribution is -2.30. The Bertz CT molecular complexity index is 1410. The standard InChI is InChI=1S/C25H28N4O5S/c30-24-22-23(27-21(26-22)16-7-4-12-18-10-2-1-3-11-18)29(25(31)28-24)17-9-8-14-19-13-5-6-15-20(19)34-35(32)33/h1-3,5-6,10-11,13,15H,4,7-9,12,14,16-17H2,(H,26,27)(H,32,33)(H,28,30,31). The van der Waals surface area contributed by atoms with Gasteiger partial charge in [0.25, 0.3) is 5.56 Å². The van der Waals surface area contributed by atoms with E-state index in [1.165, 1.54) is 10.1 Å². The molecule has 0 aliphatic carbocycles. The fourth-order valence-electron chi connectivity index (χ4n) is 4.13. The lowest BCUT2D eigenvalue weighted by molar-refractivity contribution is 0.454. The monoisotopic (exact) mass is 496 g/mol. The molecule has 10 heteroatoms. The number of aromatic nitrogens is 4. The number of aryl methyl sites for hydroxylation is 4. The van der Waals surface area contributed by atoms with E-state index in [1.807, 2.05) is 30.3 Å². The van der Waals surface area contributed by atoms with Gasteiger partial charge in [0, 0.05) is 13.0 Å². The minimum Gasteiger partial charge on any atom is -0.380 e. The van der Waals surface area contributed by atoms with Crippen LogP contribution in [-0.2, 0) is 37.2 Å². The summed E-state index contributed by atoms with van der Waals surface area (Å²) in [6.45, 7) is 0.388. The fraction of sp³-hybridized carbons (Fsp3) is 0.320. The van der Waals surface area contributed by atoms with Crippen LogP contribution in [0.2, 0.25) is 0 Å². The van der Waals surface area contributed by atoms with Crippen LogP contribution in [0, 0.1) is 0 Å². The molecular weight excluding hydrogens is 468 g/mol. The Morgan fingerprint density at radius 2 is 1.60 bits per heavy atom. The quantitative estimate of drug-likeness (QED) is 0.203. The highest BCUT2D eigenvalue weighted by Crippen LogP contribution is 2.21. The molecule has 0 aliphatic heterocycles. The Balaban J connectivity index is 1.38. The fourth-order valence-corrected chi connectivity index (χ4v) is 4.45. The van der Waals surface area contributed by atoms with E-state index in [-0.39, 0.29) is 0 Å². The van der Waals surface area contributed by atoms with E-state index in [0.29, 0.717) is 55.0 Å². The Morgan fingerprint density at radius 3 is 2.40 bits per heavy atom. The van der Waals surface area contributed by atoms with Crippen molar-refractivity contribution in [2.75, 3.05) is 0 Å². The Morgan fingerprint density at radius 1 is 0.886 bits per heavy atom. The third kappa shape index (κ3) is 6.55. The number of H-pyrrole nitrogens is 2. The van der Waals surface area contributed by atoms with Gasteiger partial charge in [-0.25, -0.2) is 9.78 Å². The molecule has 3 N–H and O–H groups in total. The molecule has 1 atom stereocenters. The van der Waals surface area contributed by atoms with E-state index in [9.17, 15) is 13.8 Å². The van der Waals surface area contributed by atoms with Crippen LogP contribution in [-0.4, -0.2) is 28.3 Å². The van der Waals surface area contributed by atoms with Gasteiger partial charge in [-0.1, -0.05) is 48.5 Å². The number of rotatable bonds is 12. The van der Waals surface area contributed by atoms with Crippen molar-refractivity contribution in [3.05, 3.63) is 92.4 Å². The van der Waals surface area contributed by atoms with E-state index in [0.717, 1.165) is 24.8 Å². The molecule has 0 bridgehead atoms. The summed E-state index contributed by atoms with van der Waals surface area (Å²) in [7, 11) is 0. The van der Waals surface area contributed by atoms with Gasteiger partial charge in [-0.3, -0.25) is 18.9 Å². The molecule has 1 unspecified atom stereocenters. The van der Waals surface area contributed by atoms with Crippen molar-refractivity contribution < 1.29 is 12.9 Å². The van der Waals surface area contributed by atoms with Crippen molar-refractivity contribution >= 4 is 22.5 Å². The van der Waals surface area contributed by atoms with E-state index in [2.05, 4.69) is 27.1 Å². The van der Waals surface area contributed by atoms with Gasteiger partial charge in [0.2, 0.25) is 0 Å². The molecule has 2 aromatic carbocycles. The van der Waals surface area contributed by atoms with Gasteiger partial charge < -0.3 is 9.17 Å². The van der Waals surface area contributed by atoms with E-state index in [4.69, 9.17) is 8.74 Å². The summed E-state index contributed by atoms with van der Waals surface area (Å²) in [6.07, 6.45) is 5.56. The van der Waals surface area contributed by atoms with Crippen molar-refractivity contribution in [2.45, 2.75) is 51.5 Å². The summed E-state index contributed by atoms with van der Waals surface area (Å²) in [5.74, 6) is 1.06. The summed E-state index contributed by atoms with van der Waals surface area (Å²) >= 11 is -2.39. The minimum atomic E-state index is -2.39. The molecule has 35 heavy (non-hydrogen) atoms. The number of hydrogen-bond acceptors (Lipinski definition) is 5. The first-order chi connectivity index (χ1) is 17.0. The molecule has 0 amide bonds. The van der Waals surface area contributed by atoms with Crippen molar-refractivity contribution in [3.8, 4) is 5.75 Å². The van der Waals surface area contributed by atoms with Crippen molar-refractivity contribution in [3.63, 3.8) is 0 Å². The Labute approximate surface area is 204 Å².